The molecule has 3 rings (SSSR count). The van der Waals surface area contributed by atoms with E-state index < -0.39 is 38.2 Å². The van der Waals surface area contributed by atoms with Gasteiger partial charge in [0, 0.05) is 6.54 Å². The third-order valence-corrected chi connectivity index (χ3v) is 12.2. The van der Waals surface area contributed by atoms with Crippen molar-refractivity contribution in [2.75, 3.05) is 0 Å². The molecule has 0 saturated heterocycles. The van der Waals surface area contributed by atoms with Gasteiger partial charge in [-0.15, -0.1) is 6.58 Å². The molecule has 0 aliphatic heterocycles. The lowest BCUT2D eigenvalue weighted by Crippen LogP contribution is -2.69. The second kappa shape index (κ2) is 13.6. The monoisotopic (exact) mass is 574 g/mol. The number of nitrogens with zero attached hydrogens (tertiary/aromatic N) is 1. The summed E-state index contributed by atoms with van der Waals surface area (Å²) in [5.41, 5.74) is 0.238. The highest BCUT2D eigenvalue weighted by Gasteiger charge is 2.52. The largest absolute Gasteiger partial charge is 0.444 e. The van der Waals surface area contributed by atoms with E-state index in [0.29, 0.717) is 0 Å². The number of hydrogen-bond acceptors (Lipinski definition) is 5. The molecule has 3 aromatic rings. The molecule has 0 radical (unpaired) electrons. The molecule has 2 N–H and O–H groups in total. The van der Waals surface area contributed by atoms with Crippen LogP contribution in [0.5, 0.6) is 0 Å². The number of nitrogens with one attached hydrogen (secondary N) is 1. The zero-order valence-corrected chi connectivity index (χ0v) is 26.5. The number of amides is 1. The predicted molar refractivity (Wildman–Crippen MR) is 169 cm³/mol. The first-order chi connectivity index (χ1) is 19.3. The average molecular weight is 575 g/mol. The Balaban J connectivity index is 2.09. The molecule has 220 valence electrons. The van der Waals surface area contributed by atoms with E-state index in [-0.39, 0.29) is 11.6 Å². The zero-order chi connectivity index (χ0) is 30.3. The zero-order valence-electron chi connectivity index (χ0n) is 25.5. The van der Waals surface area contributed by atoms with Gasteiger partial charge in [-0.1, -0.05) is 118 Å². The molecule has 6 nitrogen and oxygen atoms in total. The van der Waals surface area contributed by atoms with Crippen LogP contribution >= 0.6 is 0 Å². The van der Waals surface area contributed by atoms with Gasteiger partial charge in [-0.05, 0) is 48.7 Å². The third-order valence-electron chi connectivity index (χ3n) is 7.11. The lowest BCUT2D eigenvalue weighted by molar-refractivity contribution is -0.136. The number of rotatable bonds is 11. The molecular weight excluding hydrogens is 528 g/mol. The molecule has 3 aromatic carbocycles. The van der Waals surface area contributed by atoms with Crippen molar-refractivity contribution in [2.45, 2.75) is 83.8 Å². The maximum atomic E-state index is 13.2. The molecule has 0 spiro atoms. The summed E-state index contributed by atoms with van der Waals surface area (Å²) in [4.78, 5) is 13.2. The van der Waals surface area contributed by atoms with Gasteiger partial charge in [0.2, 0.25) is 0 Å². The van der Waals surface area contributed by atoms with Gasteiger partial charge in [-0.3, -0.25) is 0 Å². The topological polar surface area (TPSA) is 71.0 Å². The Morgan fingerprint density at radius 1 is 0.902 bits per heavy atom. The molecule has 0 saturated carbocycles. The molecule has 1 amide bonds. The Labute approximate surface area is 247 Å². The molecule has 0 bridgehead atoms. The lowest BCUT2D eigenvalue weighted by atomic mass is 10.0. The van der Waals surface area contributed by atoms with Crippen LogP contribution in [0.1, 0.15) is 54.0 Å². The normalized spacial score (nSPS) is 14.7. The van der Waals surface area contributed by atoms with E-state index in [2.05, 4.69) is 56.9 Å². The number of hydrogen-bond donors (Lipinski definition) is 2. The maximum absolute atomic E-state index is 13.2. The van der Waals surface area contributed by atoms with E-state index in [1.165, 1.54) is 5.06 Å². The van der Waals surface area contributed by atoms with E-state index in [9.17, 15) is 10.0 Å². The van der Waals surface area contributed by atoms with Crippen molar-refractivity contribution in [2.24, 2.45) is 0 Å². The highest BCUT2D eigenvalue weighted by atomic mass is 28.4. The summed E-state index contributed by atoms with van der Waals surface area (Å²) in [5.74, 6) is 0. The van der Waals surface area contributed by atoms with Crippen LogP contribution in [0.4, 0.5) is 4.79 Å². The first-order valence-electron chi connectivity index (χ1n) is 14.2. The minimum absolute atomic E-state index is 0.246. The number of hydroxylamine groups is 2. The van der Waals surface area contributed by atoms with Crippen LogP contribution in [0.3, 0.4) is 0 Å². The second-order valence-corrected chi connectivity index (χ2v) is 16.7. The van der Waals surface area contributed by atoms with Crippen molar-refractivity contribution in [3.05, 3.63) is 109 Å². The fourth-order valence-electron chi connectivity index (χ4n) is 5.30. The fourth-order valence-corrected chi connectivity index (χ4v) is 10.0. The quantitative estimate of drug-likeness (QED) is 0.160. The second-order valence-electron chi connectivity index (χ2n) is 12.5. The van der Waals surface area contributed by atoms with Crippen LogP contribution in [-0.4, -0.2) is 48.5 Å². The molecule has 0 aromatic heterocycles. The molecule has 7 heteroatoms. The van der Waals surface area contributed by atoms with Gasteiger partial charge in [-0.25, -0.2) is 4.79 Å². The molecule has 0 aliphatic rings. The highest BCUT2D eigenvalue weighted by Crippen LogP contribution is 2.38. The van der Waals surface area contributed by atoms with Crippen LogP contribution in [0, 0.1) is 0 Å². The SMILES string of the molecule is C=C[C@@H]([C@H](NC(=O)OC(C)(C)C)[C@@H](C)O[Si](c1ccccc1)(c1ccccc1)C(C)(C)C)N(O)Cc1ccccc1. The standard InChI is InChI=1S/C34H46N2O4Si/c1-9-30(36(38)25-27-19-13-10-14-20-27)31(35-32(37)39-33(3,4)5)26(2)40-41(34(6,7)8,28-21-15-11-16-22-28)29-23-17-12-18-24-29/h9-24,26,30-31,38H,1,25H2,2-8H3,(H,35,37)/t26-,30+,31-/m1/s1. The van der Waals surface area contributed by atoms with Crippen LogP contribution in [0.2, 0.25) is 5.04 Å². The Hall–Kier alpha value is -3.23. The fraction of sp³-hybridized carbons (Fsp3) is 0.382. The predicted octanol–water partition coefficient (Wildman–Crippen LogP) is 6.29. The van der Waals surface area contributed by atoms with Gasteiger partial charge in [0.25, 0.3) is 8.32 Å². The number of benzene rings is 3. The van der Waals surface area contributed by atoms with Crippen LogP contribution in [0.25, 0.3) is 0 Å². The van der Waals surface area contributed by atoms with Gasteiger partial charge >= 0.3 is 6.09 Å². The molecule has 0 unspecified atom stereocenters. The Kier molecular flexibility index (Phi) is 10.7. The minimum Gasteiger partial charge on any atom is -0.444 e. The van der Waals surface area contributed by atoms with E-state index in [4.69, 9.17) is 9.16 Å². The molecule has 3 atom stereocenters. The Morgan fingerprint density at radius 3 is 1.78 bits per heavy atom. The van der Waals surface area contributed by atoms with Gasteiger partial charge < -0.3 is 19.7 Å². The minimum atomic E-state index is -2.97. The summed E-state index contributed by atoms with van der Waals surface area (Å²) in [7, 11) is -2.97. The Bertz CT molecular complexity index is 1200. The van der Waals surface area contributed by atoms with E-state index in [0.717, 1.165) is 15.9 Å². The van der Waals surface area contributed by atoms with E-state index in [1.54, 1.807) is 6.08 Å². The van der Waals surface area contributed by atoms with Crippen molar-refractivity contribution >= 4 is 24.8 Å². The summed E-state index contributed by atoms with van der Waals surface area (Å²) >= 11 is 0. The first-order valence-corrected chi connectivity index (χ1v) is 16.1. The molecule has 0 fully saturated rings. The highest BCUT2D eigenvalue weighted by molar-refractivity contribution is 6.99. The number of carbonyl (C=O) groups excluding carboxylic acids is 1. The van der Waals surface area contributed by atoms with E-state index >= 15 is 0 Å². The van der Waals surface area contributed by atoms with E-state index in [1.807, 2.05) is 94.4 Å². The summed E-state index contributed by atoms with van der Waals surface area (Å²) in [5, 5.41) is 17.6. The molecule has 0 aliphatic carbocycles. The van der Waals surface area contributed by atoms with Crippen molar-refractivity contribution in [1.82, 2.24) is 10.4 Å². The average Bonchev–Trinajstić information content (AvgIpc) is 2.91. The van der Waals surface area contributed by atoms with Crippen LogP contribution in [-0.2, 0) is 15.7 Å². The van der Waals surface area contributed by atoms with Crippen LogP contribution < -0.4 is 15.7 Å². The summed E-state index contributed by atoms with van der Waals surface area (Å²) in [6.07, 6.45) is 0.526. The number of alkyl carbamates (subject to hydrolysis) is 1. The van der Waals surface area contributed by atoms with Gasteiger partial charge in [0.05, 0.1) is 18.2 Å². The molecule has 0 heterocycles. The van der Waals surface area contributed by atoms with Crippen molar-refractivity contribution < 1.29 is 19.2 Å². The Morgan fingerprint density at radius 2 is 1.37 bits per heavy atom. The molecule has 41 heavy (non-hydrogen) atoms. The lowest BCUT2D eigenvalue weighted by Gasteiger charge is -2.47. The van der Waals surface area contributed by atoms with Crippen molar-refractivity contribution in [1.29, 1.82) is 0 Å². The molecular formula is C34H46N2O4Si. The summed E-state index contributed by atoms with van der Waals surface area (Å²) < 4.78 is 13.0. The number of ether oxygens (including phenoxy) is 1. The first kappa shape index (κ1) is 32.3. The maximum Gasteiger partial charge on any atom is 0.408 e. The van der Waals surface area contributed by atoms with Gasteiger partial charge in [-0.2, -0.15) is 5.06 Å². The smallest absolute Gasteiger partial charge is 0.408 e. The summed E-state index contributed by atoms with van der Waals surface area (Å²) in [6, 6.07) is 29.0. The van der Waals surface area contributed by atoms with Gasteiger partial charge in [0.1, 0.15) is 5.60 Å². The number of carbonyl (C=O) groups is 1. The van der Waals surface area contributed by atoms with Crippen LogP contribution in [0.15, 0.2) is 104 Å². The summed E-state index contributed by atoms with van der Waals surface area (Å²) in [6.45, 7) is 18.3. The van der Waals surface area contributed by atoms with Gasteiger partial charge in [0.15, 0.2) is 0 Å². The van der Waals surface area contributed by atoms with Crippen molar-refractivity contribution in [3.63, 3.8) is 0 Å². The third kappa shape index (κ3) is 8.17. The van der Waals surface area contributed by atoms with Crippen molar-refractivity contribution in [3.8, 4) is 0 Å².